The first-order valence-corrected chi connectivity index (χ1v) is 5.70. The molecule has 1 aromatic carbocycles. The van der Waals surface area contributed by atoms with Gasteiger partial charge in [0.2, 0.25) is 0 Å². The van der Waals surface area contributed by atoms with E-state index in [-0.39, 0.29) is 10.9 Å². The topological polar surface area (TPSA) is 70.3 Å². The van der Waals surface area contributed by atoms with Crippen LogP contribution in [0.5, 0.6) is 16.7 Å². The molecule has 0 amide bonds. The quantitative estimate of drug-likeness (QED) is 0.880. The average molecular weight is 291 g/mol. The summed E-state index contributed by atoms with van der Waals surface area (Å²) in [6.45, 7) is 0. The molecule has 0 atom stereocenters. The lowest BCUT2D eigenvalue weighted by Gasteiger charge is -2.08. The lowest BCUT2D eigenvalue weighted by Crippen LogP contribution is -2.06. The van der Waals surface area contributed by atoms with Crippen LogP contribution in [0.2, 0.25) is 0 Å². The average Bonchev–Trinajstić information content (AvgIpc) is 2.77. The minimum Gasteiger partial charge on any atom is -0.493 e. The van der Waals surface area contributed by atoms with Crippen LogP contribution in [-0.2, 0) is 6.18 Å². The number of nitrogen functional groups attached to an aromatic ring is 1. The fourth-order valence-electron chi connectivity index (χ4n) is 1.23. The number of alkyl halides is 3. The van der Waals surface area contributed by atoms with Gasteiger partial charge in [-0.1, -0.05) is 0 Å². The smallest absolute Gasteiger partial charge is 0.452 e. The van der Waals surface area contributed by atoms with E-state index in [9.17, 15) is 13.2 Å². The van der Waals surface area contributed by atoms with Gasteiger partial charge in [-0.15, -0.1) is 0 Å². The van der Waals surface area contributed by atoms with Gasteiger partial charge >= 0.3 is 6.18 Å². The predicted octanol–water partition coefficient (Wildman–Crippen LogP) is 2.94. The summed E-state index contributed by atoms with van der Waals surface area (Å²) in [5.41, 5.74) is 5.95. The van der Waals surface area contributed by atoms with Crippen LogP contribution in [-0.4, -0.2) is 16.5 Å². The molecule has 102 valence electrons. The van der Waals surface area contributed by atoms with Crippen LogP contribution in [0, 0.1) is 0 Å². The highest BCUT2D eigenvalue weighted by Crippen LogP contribution is 2.36. The summed E-state index contributed by atoms with van der Waals surface area (Å²) in [4.78, 5) is 3.25. The van der Waals surface area contributed by atoms with E-state index in [1.807, 2.05) is 0 Å². The molecule has 0 aliphatic heterocycles. The molecule has 2 aromatic rings. The van der Waals surface area contributed by atoms with Crippen LogP contribution in [0.25, 0.3) is 0 Å². The van der Waals surface area contributed by atoms with E-state index in [0.717, 1.165) is 0 Å². The van der Waals surface area contributed by atoms with Crippen molar-refractivity contribution < 1.29 is 22.6 Å². The molecule has 0 saturated carbocycles. The summed E-state index contributed by atoms with van der Waals surface area (Å²) in [5, 5.41) is -0.240. The third-order valence-electron chi connectivity index (χ3n) is 2.05. The Labute approximate surface area is 110 Å². The van der Waals surface area contributed by atoms with E-state index in [1.54, 1.807) is 6.07 Å². The Hall–Kier alpha value is -2.03. The SMILES string of the molecule is COc1ccc(N)cc1Oc1nc(C(F)(F)F)ns1. The van der Waals surface area contributed by atoms with Crippen molar-refractivity contribution >= 4 is 17.2 Å². The second kappa shape index (κ2) is 4.92. The molecule has 1 heterocycles. The van der Waals surface area contributed by atoms with Gasteiger partial charge in [0.1, 0.15) is 0 Å². The highest BCUT2D eigenvalue weighted by atomic mass is 32.1. The number of anilines is 1. The fourth-order valence-corrected chi connectivity index (χ4v) is 1.80. The molecule has 0 bridgehead atoms. The number of nitrogens with two attached hydrogens (primary N) is 1. The Morgan fingerprint density at radius 2 is 2.00 bits per heavy atom. The van der Waals surface area contributed by atoms with E-state index in [1.165, 1.54) is 19.2 Å². The number of benzene rings is 1. The maximum absolute atomic E-state index is 12.3. The second-order valence-corrected chi connectivity index (χ2v) is 4.11. The number of nitrogens with zero attached hydrogens (tertiary/aromatic N) is 2. The fraction of sp³-hybridized carbons (Fsp3) is 0.200. The van der Waals surface area contributed by atoms with E-state index < -0.39 is 12.0 Å². The standard InChI is InChI=1S/C10H8F3N3O2S/c1-17-6-3-2-5(14)4-7(6)18-9-15-8(16-19-9)10(11,12)13/h2-4H,14H2,1H3. The van der Waals surface area contributed by atoms with Gasteiger partial charge < -0.3 is 15.2 Å². The molecule has 2 rings (SSSR count). The van der Waals surface area contributed by atoms with Crippen LogP contribution >= 0.6 is 11.5 Å². The summed E-state index contributed by atoms with van der Waals surface area (Å²) in [5.74, 6) is -0.735. The van der Waals surface area contributed by atoms with Gasteiger partial charge in [-0.25, -0.2) is 0 Å². The van der Waals surface area contributed by atoms with Gasteiger partial charge in [-0.2, -0.15) is 22.5 Å². The van der Waals surface area contributed by atoms with Crippen molar-refractivity contribution in [1.29, 1.82) is 0 Å². The number of ether oxygens (including phenoxy) is 2. The van der Waals surface area contributed by atoms with Crippen LogP contribution in [0.4, 0.5) is 18.9 Å². The number of hydrogen-bond acceptors (Lipinski definition) is 6. The zero-order valence-electron chi connectivity index (χ0n) is 9.56. The minimum absolute atomic E-state index is 0.173. The zero-order valence-corrected chi connectivity index (χ0v) is 10.4. The maximum atomic E-state index is 12.3. The largest absolute Gasteiger partial charge is 0.493 e. The molecule has 0 unspecified atom stereocenters. The highest BCUT2D eigenvalue weighted by Gasteiger charge is 2.36. The highest BCUT2D eigenvalue weighted by molar-refractivity contribution is 7.07. The number of aromatic nitrogens is 2. The molecule has 0 saturated heterocycles. The molecule has 9 heteroatoms. The second-order valence-electron chi connectivity index (χ2n) is 3.39. The Morgan fingerprint density at radius 3 is 2.58 bits per heavy atom. The Kier molecular flexibility index (Phi) is 3.47. The van der Waals surface area contributed by atoms with Crippen molar-refractivity contribution in [3.05, 3.63) is 24.0 Å². The molecular weight excluding hydrogens is 283 g/mol. The number of hydrogen-bond donors (Lipinski definition) is 1. The third kappa shape index (κ3) is 3.05. The third-order valence-corrected chi connectivity index (χ3v) is 2.64. The van der Waals surface area contributed by atoms with Crippen LogP contribution in [0.3, 0.4) is 0 Å². The number of halogens is 3. The molecule has 0 aliphatic carbocycles. The first-order valence-electron chi connectivity index (χ1n) is 4.92. The molecular formula is C10H8F3N3O2S. The molecule has 0 radical (unpaired) electrons. The predicted molar refractivity (Wildman–Crippen MR) is 62.4 cm³/mol. The lowest BCUT2D eigenvalue weighted by molar-refractivity contribution is -0.144. The van der Waals surface area contributed by atoms with Gasteiger partial charge in [0.15, 0.2) is 11.5 Å². The van der Waals surface area contributed by atoms with Crippen molar-refractivity contribution in [3.8, 4) is 16.7 Å². The summed E-state index contributed by atoms with van der Waals surface area (Å²) in [6, 6.07) is 4.54. The molecule has 0 fully saturated rings. The van der Waals surface area contributed by atoms with Crippen LogP contribution in [0.1, 0.15) is 5.82 Å². The zero-order chi connectivity index (χ0) is 14.0. The first kappa shape index (κ1) is 13.4. The lowest BCUT2D eigenvalue weighted by atomic mass is 10.3. The Bertz CT molecular complexity index is 586. The van der Waals surface area contributed by atoms with Gasteiger partial charge in [0.25, 0.3) is 11.0 Å². The van der Waals surface area contributed by atoms with Crippen molar-refractivity contribution in [3.63, 3.8) is 0 Å². The van der Waals surface area contributed by atoms with Gasteiger partial charge in [-0.3, -0.25) is 0 Å². The maximum Gasteiger partial charge on any atom is 0.452 e. The summed E-state index contributed by atoms with van der Waals surface area (Å²) >= 11 is 0.497. The molecule has 0 aliphatic rings. The molecule has 5 nitrogen and oxygen atoms in total. The monoisotopic (exact) mass is 291 g/mol. The van der Waals surface area contributed by atoms with Crippen molar-refractivity contribution in [2.75, 3.05) is 12.8 Å². The van der Waals surface area contributed by atoms with Crippen molar-refractivity contribution in [2.45, 2.75) is 6.18 Å². The van der Waals surface area contributed by atoms with Gasteiger partial charge in [0, 0.05) is 23.3 Å². The number of methoxy groups -OCH3 is 1. The summed E-state index contributed by atoms with van der Waals surface area (Å²) < 4.78 is 50.4. The Balaban J connectivity index is 2.26. The van der Waals surface area contributed by atoms with E-state index >= 15 is 0 Å². The van der Waals surface area contributed by atoms with Gasteiger partial charge in [0.05, 0.1) is 7.11 Å². The van der Waals surface area contributed by atoms with Crippen molar-refractivity contribution in [1.82, 2.24) is 9.36 Å². The van der Waals surface area contributed by atoms with E-state index in [2.05, 4.69) is 9.36 Å². The minimum atomic E-state index is -4.60. The number of rotatable bonds is 3. The van der Waals surface area contributed by atoms with Crippen LogP contribution < -0.4 is 15.2 Å². The van der Waals surface area contributed by atoms with Crippen molar-refractivity contribution in [2.24, 2.45) is 0 Å². The van der Waals surface area contributed by atoms with Gasteiger partial charge in [-0.05, 0) is 12.1 Å². The molecule has 2 N–H and O–H groups in total. The first-order chi connectivity index (χ1) is 8.90. The normalized spacial score (nSPS) is 11.4. The van der Waals surface area contributed by atoms with E-state index in [0.29, 0.717) is 23.0 Å². The summed E-state index contributed by atoms with van der Waals surface area (Å²) in [7, 11) is 1.40. The molecule has 19 heavy (non-hydrogen) atoms. The van der Waals surface area contributed by atoms with E-state index in [4.69, 9.17) is 15.2 Å². The Morgan fingerprint density at radius 1 is 1.26 bits per heavy atom. The molecule has 0 spiro atoms. The molecule has 1 aromatic heterocycles. The van der Waals surface area contributed by atoms with Crippen LogP contribution in [0.15, 0.2) is 18.2 Å². The summed E-state index contributed by atoms with van der Waals surface area (Å²) in [6.07, 6.45) is -4.60.